The van der Waals surface area contributed by atoms with E-state index < -0.39 is 6.30 Å². The Kier molecular flexibility index (Phi) is 4.16. The van der Waals surface area contributed by atoms with Gasteiger partial charge in [0.1, 0.15) is 0 Å². The molecule has 0 amide bonds. The fraction of sp³-hybridized carbons (Fsp3) is 0.400. The SMILES string of the molecule is CCN(Cc1cccc(Br)c1)C(F)(F)F. The first-order valence-electron chi connectivity index (χ1n) is 4.49. The molecule has 0 heterocycles. The molecule has 0 aliphatic carbocycles. The Morgan fingerprint density at radius 3 is 2.47 bits per heavy atom. The molecule has 0 saturated carbocycles. The summed E-state index contributed by atoms with van der Waals surface area (Å²) >= 11 is 3.22. The highest BCUT2D eigenvalue weighted by Gasteiger charge is 2.35. The first-order valence-corrected chi connectivity index (χ1v) is 5.29. The van der Waals surface area contributed by atoms with Gasteiger partial charge < -0.3 is 0 Å². The zero-order chi connectivity index (χ0) is 11.5. The van der Waals surface area contributed by atoms with Gasteiger partial charge in [0.15, 0.2) is 0 Å². The lowest BCUT2D eigenvalue weighted by Gasteiger charge is -2.23. The Balaban J connectivity index is 2.76. The Morgan fingerprint density at radius 1 is 1.33 bits per heavy atom. The first kappa shape index (κ1) is 12.5. The largest absolute Gasteiger partial charge is 0.460 e. The van der Waals surface area contributed by atoms with Crippen molar-refractivity contribution in [2.45, 2.75) is 19.8 Å². The molecule has 0 unspecified atom stereocenters. The van der Waals surface area contributed by atoms with Crippen molar-refractivity contribution in [2.24, 2.45) is 0 Å². The maximum absolute atomic E-state index is 12.4. The third-order valence-corrected chi connectivity index (χ3v) is 2.50. The number of benzene rings is 1. The molecule has 15 heavy (non-hydrogen) atoms. The zero-order valence-corrected chi connectivity index (χ0v) is 9.77. The van der Waals surface area contributed by atoms with Crippen molar-refractivity contribution < 1.29 is 13.2 Å². The van der Waals surface area contributed by atoms with E-state index >= 15 is 0 Å². The minimum Gasteiger partial charge on any atom is -0.210 e. The van der Waals surface area contributed by atoms with Gasteiger partial charge >= 0.3 is 6.30 Å². The highest BCUT2D eigenvalue weighted by molar-refractivity contribution is 9.10. The molecule has 0 spiro atoms. The topological polar surface area (TPSA) is 3.24 Å². The first-order chi connectivity index (χ1) is 6.93. The number of alkyl halides is 3. The fourth-order valence-corrected chi connectivity index (χ4v) is 1.68. The van der Waals surface area contributed by atoms with Gasteiger partial charge in [0, 0.05) is 17.6 Å². The smallest absolute Gasteiger partial charge is 0.210 e. The highest BCUT2D eigenvalue weighted by atomic mass is 79.9. The molecule has 1 rings (SSSR count). The number of rotatable bonds is 3. The number of halogens is 4. The molecule has 0 aliphatic rings. The quantitative estimate of drug-likeness (QED) is 0.762. The van der Waals surface area contributed by atoms with Crippen molar-refractivity contribution in [2.75, 3.05) is 6.54 Å². The van der Waals surface area contributed by atoms with Crippen molar-refractivity contribution in [3.8, 4) is 0 Å². The summed E-state index contributed by atoms with van der Waals surface area (Å²) in [5.74, 6) is 0. The van der Waals surface area contributed by atoms with Gasteiger partial charge in [-0.1, -0.05) is 35.0 Å². The average Bonchev–Trinajstić information content (AvgIpc) is 2.12. The van der Waals surface area contributed by atoms with Crippen LogP contribution in [0.2, 0.25) is 0 Å². The van der Waals surface area contributed by atoms with Gasteiger partial charge in [-0.3, -0.25) is 0 Å². The molecule has 84 valence electrons. The summed E-state index contributed by atoms with van der Waals surface area (Å²) < 4.78 is 38.1. The van der Waals surface area contributed by atoms with E-state index in [2.05, 4.69) is 15.9 Å². The van der Waals surface area contributed by atoms with Crippen LogP contribution in [0.3, 0.4) is 0 Å². The summed E-state index contributed by atoms with van der Waals surface area (Å²) in [6.45, 7) is 1.33. The predicted octanol–water partition coefficient (Wildman–Crippen LogP) is 3.79. The molecule has 1 nitrogen and oxygen atoms in total. The van der Waals surface area contributed by atoms with E-state index in [1.54, 1.807) is 24.3 Å². The lowest BCUT2D eigenvalue weighted by atomic mass is 10.2. The molecule has 0 N–H and O–H groups in total. The maximum Gasteiger partial charge on any atom is 0.460 e. The lowest BCUT2D eigenvalue weighted by molar-refractivity contribution is -0.247. The molecular formula is C10H11BrF3N. The summed E-state index contributed by atoms with van der Waals surface area (Å²) in [5, 5.41) is 0. The molecule has 0 bridgehead atoms. The van der Waals surface area contributed by atoms with Crippen LogP contribution in [0.5, 0.6) is 0 Å². The normalized spacial score (nSPS) is 12.1. The summed E-state index contributed by atoms with van der Waals surface area (Å²) in [5.41, 5.74) is 0.642. The van der Waals surface area contributed by atoms with Crippen LogP contribution >= 0.6 is 15.9 Å². The van der Waals surface area contributed by atoms with Crippen molar-refractivity contribution in [1.29, 1.82) is 0 Å². The van der Waals surface area contributed by atoms with E-state index in [4.69, 9.17) is 0 Å². The van der Waals surface area contributed by atoms with Crippen molar-refractivity contribution in [3.05, 3.63) is 34.3 Å². The van der Waals surface area contributed by atoms with Gasteiger partial charge in [-0.05, 0) is 17.7 Å². The molecule has 0 aliphatic heterocycles. The molecule has 5 heteroatoms. The molecule has 0 fully saturated rings. The zero-order valence-electron chi connectivity index (χ0n) is 8.18. The highest BCUT2D eigenvalue weighted by Crippen LogP contribution is 2.23. The molecule has 0 atom stereocenters. The summed E-state index contributed by atoms with van der Waals surface area (Å²) in [4.78, 5) is 0.467. The Morgan fingerprint density at radius 2 is 2.00 bits per heavy atom. The second-order valence-corrected chi connectivity index (χ2v) is 4.03. The molecular weight excluding hydrogens is 271 g/mol. The standard InChI is InChI=1S/C10H11BrF3N/c1-2-15(10(12,13)14)7-8-4-3-5-9(11)6-8/h3-6H,2,7H2,1H3. The molecule has 0 saturated heterocycles. The molecule has 0 radical (unpaired) electrons. The van der Waals surface area contributed by atoms with E-state index in [1.165, 1.54) is 6.92 Å². The van der Waals surface area contributed by atoms with Gasteiger partial charge in [0.2, 0.25) is 0 Å². The van der Waals surface area contributed by atoms with Crippen LogP contribution < -0.4 is 0 Å². The van der Waals surface area contributed by atoms with Crippen LogP contribution in [0.1, 0.15) is 12.5 Å². The fourth-order valence-electron chi connectivity index (χ4n) is 1.24. The Labute approximate surface area is 95.0 Å². The van der Waals surface area contributed by atoms with Crippen molar-refractivity contribution in [3.63, 3.8) is 0 Å². The van der Waals surface area contributed by atoms with Gasteiger partial charge in [-0.15, -0.1) is 0 Å². The third kappa shape index (κ3) is 3.83. The molecule has 0 aromatic heterocycles. The van der Waals surface area contributed by atoms with Crippen LogP contribution in [0.15, 0.2) is 28.7 Å². The summed E-state index contributed by atoms with van der Waals surface area (Å²) in [7, 11) is 0. The van der Waals surface area contributed by atoms with E-state index in [1.807, 2.05) is 0 Å². The van der Waals surface area contributed by atoms with Crippen LogP contribution in [-0.4, -0.2) is 17.7 Å². The maximum atomic E-state index is 12.4. The van der Waals surface area contributed by atoms with E-state index in [0.717, 1.165) is 4.47 Å². The van der Waals surface area contributed by atoms with Gasteiger partial charge in [-0.2, -0.15) is 13.2 Å². The predicted molar refractivity (Wildman–Crippen MR) is 56.3 cm³/mol. The second kappa shape index (κ2) is 4.99. The minimum atomic E-state index is -4.27. The molecule has 1 aromatic carbocycles. The van der Waals surface area contributed by atoms with Crippen LogP contribution in [0, 0.1) is 0 Å². The monoisotopic (exact) mass is 281 g/mol. The molecule has 1 aromatic rings. The Bertz CT molecular complexity index is 325. The Hall–Kier alpha value is -0.550. The van der Waals surface area contributed by atoms with Crippen LogP contribution in [-0.2, 0) is 6.54 Å². The van der Waals surface area contributed by atoms with Gasteiger partial charge in [-0.25, -0.2) is 4.90 Å². The van der Waals surface area contributed by atoms with E-state index in [0.29, 0.717) is 10.5 Å². The van der Waals surface area contributed by atoms with Gasteiger partial charge in [0.25, 0.3) is 0 Å². The van der Waals surface area contributed by atoms with Crippen molar-refractivity contribution >= 4 is 15.9 Å². The number of hydrogen-bond donors (Lipinski definition) is 0. The minimum absolute atomic E-state index is 0.0456. The van der Waals surface area contributed by atoms with Crippen molar-refractivity contribution in [1.82, 2.24) is 4.90 Å². The summed E-state index contributed by atoms with van der Waals surface area (Å²) in [6, 6.07) is 6.88. The lowest BCUT2D eigenvalue weighted by Crippen LogP contribution is -2.37. The van der Waals surface area contributed by atoms with Gasteiger partial charge in [0.05, 0.1) is 0 Å². The number of hydrogen-bond acceptors (Lipinski definition) is 1. The third-order valence-electron chi connectivity index (χ3n) is 2.00. The van der Waals surface area contributed by atoms with E-state index in [9.17, 15) is 13.2 Å². The summed E-state index contributed by atoms with van der Waals surface area (Å²) in [6.07, 6.45) is -4.27. The van der Waals surface area contributed by atoms with E-state index in [-0.39, 0.29) is 13.1 Å². The van der Waals surface area contributed by atoms with Crippen LogP contribution in [0.25, 0.3) is 0 Å². The average molecular weight is 282 g/mol. The second-order valence-electron chi connectivity index (χ2n) is 3.11. The van der Waals surface area contributed by atoms with Crippen LogP contribution in [0.4, 0.5) is 13.2 Å². The number of nitrogens with zero attached hydrogens (tertiary/aromatic N) is 1.